The molecule has 2 aromatic rings. The lowest BCUT2D eigenvalue weighted by atomic mass is 10.1. The molecule has 2 rings (SSSR count). The molecule has 0 aliphatic heterocycles. The number of rotatable bonds is 6. The van der Waals surface area contributed by atoms with Gasteiger partial charge >= 0.3 is 0 Å². The van der Waals surface area contributed by atoms with E-state index < -0.39 is 5.92 Å². The molecule has 0 spiro atoms. The van der Waals surface area contributed by atoms with Crippen molar-refractivity contribution in [1.29, 1.82) is 5.26 Å². The monoisotopic (exact) mass is 300 g/mol. The van der Waals surface area contributed by atoms with Gasteiger partial charge in [-0.1, -0.05) is 30.0 Å². The number of nitrogens with zero attached hydrogens (tertiary/aromatic N) is 4. The summed E-state index contributed by atoms with van der Waals surface area (Å²) in [6.45, 7) is 3.56. The molecule has 1 heterocycles. The van der Waals surface area contributed by atoms with Gasteiger partial charge in [0.25, 0.3) is 0 Å². The van der Waals surface area contributed by atoms with Crippen LogP contribution in [0.25, 0.3) is 5.69 Å². The summed E-state index contributed by atoms with van der Waals surface area (Å²) in [5.41, 5.74) is 4.79. The third kappa shape index (κ3) is 3.56. The summed E-state index contributed by atoms with van der Waals surface area (Å²) in [5, 5.41) is 17.4. The van der Waals surface area contributed by atoms with Gasteiger partial charge in [0.15, 0.2) is 16.9 Å². The molecule has 6 nitrogen and oxygen atoms in total. The number of benzene rings is 1. The fourth-order valence-electron chi connectivity index (χ4n) is 1.70. The third-order valence-electron chi connectivity index (χ3n) is 2.75. The van der Waals surface area contributed by atoms with E-state index in [1.165, 1.54) is 11.8 Å². The Labute approximate surface area is 126 Å². The van der Waals surface area contributed by atoms with Crippen molar-refractivity contribution < 1.29 is 10.5 Å². The van der Waals surface area contributed by atoms with E-state index in [-0.39, 0.29) is 11.5 Å². The second kappa shape index (κ2) is 6.83. The van der Waals surface area contributed by atoms with E-state index in [9.17, 15) is 4.79 Å². The number of thioether (sulfide) groups is 1. The number of allylic oxidation sites excluding steroid dienone is 1. The molecule has 0 aliphatic rings. The molecule has 0 saturated heterocycles. The number of hydrogen-bond acceptors (Lipinski definition) is 5. The standard InChI is InChI=1S/C14H13N5OS/c1-10(16)12(7-15)13(20)8-21-14-18-17-9-19(14)11-5-3-2-4-6-11/h2-6,9,12H,1,8,16H2/p+1/t12-/m0/s1. The molecule has 0 aliphatic carbocycles. The van der Waals surface area contributed by atoms with Gasteiger partial charge in [0.1, 0.15) is 12.0 Å². The van der Waals surface area contributed by atoms with Crippen LogP contribution in [0.2, 0.25) is 0 Å². The van der Waals surface area contributed by atoms with Crippen LogP contribution in [0.3, 0.4) is 0 Å². The van der Waals surface area contributed by atoms with E-state index >= 15 is 0 Å². The first kappa shape index (κ1) is 15.0. The number of quaternary nitrogens is 1. The van der Waals surface area contributed by atoms with Crippen LogP contribution in [0.5, 0.6) is 0 Å². The van der Waals surface area contributed by atoms with Crippen molar-refractivity contribution in [2.75, 3.05) is 5.75 Å². The fraction of sp³-hybridized carbons (Fsp3) is 0.143. The Kier molecular flexibility index (Phi) is 4.87. The maximum absolute atomic E-state index is 12.0. The van der Waals surface area contributed by atoms with E-state index in [1.807, 2.05) is 36.4 Å². The molecule has 0 amide bonds. The highest BCUT2D eigenvalue weighted by atomic mass is 32.2. The topological polar surface area (TPSA) is 99.2 Å². The minimum Gasteiger partial charge on any atom is -0.328 e. The summed E-state index contributed by atoms with van der Waals surface area (Å²) < 4.78 is 1.79. The second-order valence-corrected chi connectivity index (χ2v) is 5.24. The second-order valence-electron chi connectivity index (χ2n) is 4.29. The summed E-state index contributed by atoms with van der Waals surface area (Å²) >= 11 is 1.24. The molecule has 1 aromatic heterocycles. The summed E-state index contributed by atoms with van der Waals surface area (Å²) in [5.74, 6) is -0.978. The van der Waals surface area contributed by atoms with Crippen LogP contribution in [-0.2, 0) is 4.79 Å². The van der Waals surface area contributed by atoms with Crippen molar-refractivity contribution >= 4 is 17.5 Å². The van der Waals surface area contributed by atoms with Gasteiger partial charge in [-0.25, -0.2) is 0 Å². The summed E-state index contributed by atoms with van der Waals surface area (Å²) in [7, 11) is 0. The van der Waals surface area contributed by atoms with E-state index in [1.54, 1.807) is 10.9 Å². The first-order valence-electron chi connectivity index (χ1n) is 6.15. The Morgan fingerprint density at radius 3 is 2.81 bits per heavy atom. The fourth-order valence-corrected chi connectivity index (χ4v) is 2.53. The van der Waals surface area contributed by atoms with Gasteiger partial charge in [0.05, 0.1) is 11.8 Å². The number of Topliss-reactive ketones (excluding diaryl/α,β-unsaturated/α-hetero) is 1. The maximum Gasteiger partial charge on any atom is 0.196 e. The molecule has 1 atom stereocenters. The highest BCUT2D eigenvalue weighted by Crippen LogP contribution is 2.20. The Morgan fingerprint density at radius 1 is 1.48 bits per heavy atom. The number of carbonyl (C=O) groups excluding carboxylic acids is 1. The summed E-state index contributed by atoms with van der Waals surface area (Å²) in [6, 6.07) is 11.5. The number of hydrogen-bond donors (Lipinski definition) is 1. The Balaban J connectivity index is 2.09. The van der Waals surface area contributed by atoms with Crippen LogP contribution in [0.15, 0.2) is 54.1 Å². The third-order valence-corrected chi connectivity index (χ3v) is 3.72. The van der Waals surface area contributed by atoms with Crippen LogP contribution in [0.1, 0.15) is 0 Å². The molecule has 0 fully saturated rings. The van der Waals surface area contributed by atoms with Crippen molar-refractivity contribution in [3.05, 3.63) is 48.9 Å². The van der Waals surface area contributed by atoms with Crippen molar-refractivity contribution in [2.45, 2.75) is 5.16 Å². The number of ketones is 1. The lowest BCUT2D eigenvalue weighted by Gasteiger charge is -2.06. The molecular weight excluding hydrogens is 286 g/mol. The minimum atomic E-state index is -0.870. The lowest BCUT2D eigenvalue weighted by Crippen LogP contribution is -2.51. The van der Waals surface area contributed by atoms with Gasteiger partial charge in [-0.15, -0.1) is 10.2 Å². The number of aromatic nitrogens is 3. The molecule has 0 saturated carbocycles. The quantitative estimate of drug-likeness (QED) is 0.796. The van der Waals surface area contributed by atoms with Crippen LogP contribution in [0.4, 0.5) is 0 Å². The molecule has 0 unspecified atom stereocenters. The molecule has 0 bridgehead atoms. The lowest BCUT2D eigenvalue weighted by molar-refractivity contribution is -0.309. The maximum atomic E-state index is 12.0. The van der Waals surface area contributed by atoms with Gasteiger partial charge in [-0.05, 0) is 18.7 Å². The van der Waals surface area contributed by atoms with E-state index in [0.29, 0.717) is 10.9 Å². The molecule has 1 aromatic carbocycles. The molecule has 106 valence electrons. The normalized spacial score (nSPS) is 11.6. The zero-order valence-electron chi connectivity index (χ0n) is 11.3. The number of para-hydroxylation sites is 1. The van der Waals surface area contributed by atoms with Crippen molar-refractivity contribution in [1.82, 2.24) is 14.8 Å². The Bertz CT molecular complexity index is 689. The SMILES string of the molecule is C=C([NH3+])[C@H](C#N)C(=O)CSc1nncn1-c1ccccc1. The minimum absolute atomic E-state index is 0.123. The van der Waals surface area contributed by atoms with Crippen LogP contribution in [0, 0.1) is 17.2 Å². The largest absolute Gasteiger partial charge is 0.328 e. The highest BCUT2D eigenvalue weighted by molar-refractivity contribution is 7.99. The molecule has 7 heteroatoms. The van der Waals surface area contributed by atoms with Crippen LogP contribution >= 0.6 is 11.8 Å². The van der Waals surface area contributed by atoms with Crippen molar-refractivity contribution in [3.8, 4) is 11.8 Å². The Morgan fingerprint density at radius 2 is 2.19 bits per heavy atom. The zero-order valence-corrected chi connectivity index (χ0v) is 12.1. The first-order valence-corrected chi connectivity index (χ1v) is 7.13. The van der Waals surface area contributed by atoms with Gasteiger partial charge in [0.2, 0.25) is 0 Å². The van der Waals surface area contributed by atoms with E-state index in [0.717, 1.165) is 5.69 Å². The number of carbonyl (C=O) groups is 1. The summed E-state index contributed by atoms with van der Waals surface area (Å²) in [4.78, 5) is 12.0. The van der Waals surface area contributed by atoms with Gasteiger partial charge in [0, 0.05) is 5.69 Å². The van der Waals surface area contributed by atoms with Crippen LogP contribution < -0.4 is 5.73 Å². The smallest absolute Gasteiger partial charge is 0.196 e. The van der Waals surface area contributed by atoms with Gasteiger partial charge < -0.3 is 5.73 Å². The number of nitriles is 1. The predicted octanol–water partition coefficient (Wildman–Crippen LogP) is 0.824. The average molecular weight is 300 g/mol. The highest BCUT2D eigenvalue weighted by Gasteiger charge is 2.22. The van der Waals surface area contributed by atoms with Crippen molar-refractivity contribution in [2.24, 2.45) is 5.92 Å². The first-order chi connectivity index (χ1) is 10.1. The van der Waals surface area contributed by atoms with Crippen LogP contribution in [-0.4, -0.2) is 26.3 Å². The van der Waals surface area contributed by atoms with E-state index in [2.05, 4.69) is 22.5 Å². The Hall–Kier alpha value is -2.43. The molecule has 21 heavy (non-hydrogen) atoms. The molecule has 3 N–H and O–H groups in total. The van der Waals surface area contributed by atoms with Gasteiger partial charge in [-0.2, -0.15) is 5.26 Å². The average Bonchev–Trinajstić information content (AvgIpc) is 2.95. The zero-order chi connectivity index (χ0) is 15.2. The molecular formula is C14H14N5OS+. The van der Waals surface area contributed by atoms with E-state index in [4.69, 9.17) is 5.26 Å². The predicted molar refractivity (Wildman–Crippen MR) is 78.2 cm³/mol. The summed E-state index contributed by atoms with van der Waals surface area (Å²) in [6.07, 6.45) is 1.59. The molecule has 0 radical (unpaired) electrons. The van der Waals surface area contributed by atoms with Crippen molar-refractivity contribution in [3.63, 3.8) is 0 Å². The van der Waals surface area contributed by atoms with Gasteiger partial charge in [-0.3, -0.25) is 9.36 Å².